The molecule has 0 atom stereocenters. The van der Waals surface area contributed by atoms with E-state index in [9.17, 15) is 4.39 Å². The third-order valence-electron chi connectivity index (χ3n) is 1.38. The van der Waals surface area contributed by atoms with Gasteiger partial charge in [-0.1, -0.05) is 0 Å². The molecule has 0 bridgehead atoms. The first-order chi connectivity index (χ1) is 4.86. The molecule has 0 aromatic heterocycles. The summed E-state index contributed by atoms with van der Waals surface area (Å²) in [4.78, 5) is 0. The van der Waals surface area contributed by atoms with Gasteiger partial charge >= 0.3 is 0 Å². The van der Waals surface area contributed by atoms with Crippen LogP contribution in [0.3, 0.4) is 0 Å². The van der Waals surface area contributed by atoms with Gasteiger partial charge in [0.25, 0.3) is 0 Å². The first kappa shape index (κ1) is 5.53. The van der Waals surface area contributed by atoms with Crippen LogP contribution in [-0.2, 0) is 0 Å². The van der Waals surface area contributed by atoms with E-state index in [1.807, 2.05) is 0 Å². The third kappa shape index (κ3) is 0.708. The Hall–Kier alpha value is -1.25. The normalized spacial score (nSPS) is 13.7. The molecule has 1 aromatic carbocycles. The van der Waals surface area contributed by atoms with Crippen molar-refractivity contribution in [1.29, 1.82) is 0 Å². The van der Waals surface area contributed by atoms with Crippen LogP contribution < -0.4 is 10.1 Å². The lowest BCUT2D eigenvalue weighted by Gasteiger charge is -1.93. The van der Waals surface area contributed by atoms with Crippen molar-refractivity contribution in [2.75, 3.05) is 6.73 Å². The molecule has 0 amide bonds. The fraction of sp³-hybridized carbons (Fsp3) is 0.143. The molecule has 0 saturated carbocycles. The Bertz CT molecular complexity index is 262. The second-order valence-electron chi connectivity index (χ2n) is 2.04. The molecule has 0 unspecified atom stereocenters. The number of fused-ring (bicyclic) bond motifs is 1. The minimum atomic E-state index is -0.270. The van der Waals surface area contributed by atoms with Crippen LogP contribution in [0, 0.1) is 5.82 Å². The van der Waals surface area contributed by atoms with Crippen LogP contribution in [0.4, 0.5) is 10.1 Å². The molecule has 2 rings (SSSR count). The van der Waals surface area contributed by atoms with E-state index >= 15 is 0 Å². The number of rotatable bonds is 0. The first-order valence-electron chi connectivity index (χ1n) is 2.96. The van der Waals surface area contributed by atoms with Gasteiger partial charge in [-0.15, -0.1) is 0 Å². The zero-order valence-corrected chi connectivity index (χ0v) is 5.17. The lowest BCUT2D eigenvalue weighted by molar-refractivity contribution is 0.338. The summed E-state index contributed by atoms with van der Waals surface area (Å²) in [6.07, 6.45) is 0. The smallest absolute Gasteiger partial charge is 0.180 e. The summed E-state index contributed by atoms with van der Waals surface area (Å²) in [6, 6.07) is 4.31. The highest BCUT2D eigenvalue weighted by molar-refractivity contribution is 5.52. The lowest BCUT2D eigenvalue weighted by Crippen LogP contribution is -1.95. The number of ether oxygens (including phenoxy) is 1. The quantitative estimate of drug-likeness (QED) is 0.531. The fourth-order valence-corrected chi connectivity index (χ4v) is 0.908. The van der Waals surface area contributed by atoms with Gasteiger partial charge < -0.3 is 4.74 Å². The minimum Gasteiger partial charge on any atom is -0.469 e. The summed E-state index contributed by atoms with van der Waals surface area (Å²) in [5.41, 5.74) is 0.611. The monoisotopic (exact) mass is 138 g/mol. The maximum atomic E-state index is 12.4. The van der Waals surface area contributed by atoms with Crippen molar-refractivity contribution in [1.82, 2.24) is 5.32 Å². The molecule has 0 aliphatic carbocycles. The van der Waals surface area contributed by atoms with Crippen LogP contribution in [0.5, 0.6) is 5.75 Å². The molecule has 2 nitrogen and oxygen atoms in total. The van der Waals surface area contributed by atoms with Crippen LogP contribution in [0.25, 0.3) is 0 Å². The summed E-state index contributed by atoms with van der Waals surface area (Å²) in [5, 5.41) is 3.90. The van der Waals surface area contributed by atoms with E-state index in [-0.39, 0.29) is 5.82 Å². The van der Waals surface area contributed by atoms with Crippen molar-refractivity contribution in [3.8, 4) is 5.75 Å². The highest BCUT2D eigenvalue weighted by Crippen LogP contribution is 2.28. The van der Waals surface area contributed by atoms with Gasteiger partial charge in [-0.25, -0.2) is 9.71 Å². The molecule has 1 aromatic rings. The topological polar surface area (TPSA) is 23.3 Å². The summed E-state index contributed by atoms with van der Waals surface area (Å²) in [6.45, 7) is 0.318. The van der Waals surface area contributed by atoms with Crippen molar-refractivity contribution in [3.63, 3.8) is 0 Å². The van der Waals surface area contributed by atoms with Gasteiger partial charge in [0.15, 0.2) is 6.73 Å². The summed E-state index contributed by atoms with van der Waals surface area (Å²) in [7, 11) is 0. The molecule has 51 valence electrons. The fourth-order valence-electron chi connectivity index (χ4n) is 0.908. The van der Waals surface area contributed by atoms with Crippen LogP contribution in [-0.4, -0.2) is 6.73 Å². The van der Waals surface area contributed by atoms with E-state index in [4.69, 9.17) is 4.74 Å². The van der Waals surface area contributed by atoms with E-state index in [0.717, 1.165) is 0 Å². The van der Waals surface area contributed by atoms with Gasteiger partial charge in [0.1, 0.15) is 17.3 Å². The van der Waals surface area contributed by atoms with Gasteiger partial charge in [-0.05, 0) is 12.1 Å². The van der Waals surface area contributed by atoms with E-state index in [1.165, 1.54) is 12.1 Å². The largest absolute Gasteiger partial charge is 0.469 e. The maximum Gasteiger partial charge on any atom is 0.180 e. The minimum absolute atomic E-state index is 0.270. The zero-order chi connectivity index (χ0) is 6.97. The average Bonchev–Trinajstić information content (AvgIpc) is 2.33. The summed E-state index contributed by atoms with van der Waals surface area (Å²) in [5.74, 6) is 0.398. The van der Waals surface area contributed by atoms with Crippen molar-refractivity contribution >= 4 is 5.69 Å². The number of benzene rings is 1. The Labute approximate surface area is 57.6 Å². The van der Waals surface area contributed by atoms with Crippen LogP contribution in [0.2, 0.25) is 0 Å². The maximum absolute atomic E-state index is 12.4. The van der Waals surface area contributed by atoms with E-state index in [2.05, 4.69) is 5.32 Å². The van der Waals surface area contributed by atoms with Crippen molar-refractivity contribution in [2.24, 2.45) is 0 Å². The molecule has 1 aliphatic heterocycles. The average molecular weight is 138 g/mol. The standard InChI is InChI=1S/C7H5FNO/c8-5-1-2-7-6(3-5)9-4-10-7/h1-3H,4H2. The van der Waals surface area contributed by atoms with E-state index < -0.39 is 0 Å². The van der Waals surface area contributed by atoms with Crippen LogP contribution in [0.15, 0.2) is 18.2 Å². The van der Waals surface area contributed by atoms with Crippen LogP contribution >= 0.6 is 0 Å². The molecule has 10 heavy (non-hydrogen) atoms. The van der Waals surface area contributed by atoms with Crippen molar-refractivity contribution in [2.45, 2.75) is 0 Å². The van der Waals surface area contributed by atoms with E-state index in [0.29, 0.717) is 18.2 Å². The van der Waals surface area contributed by atoms with Crippen molar-refractivity contribution in [3.05, 3.63) is 24.0 Å². The Kier molecular flexibility index (Phi) is 1.03. The Balaban J connectivity index is 2.52. The molecule has 0 N–H and O–H groups in total. The first-order valence-corrected chi connectivity index (χ1v) is 2.96. The van der Waals surface area contributed by atoms with Crippen LogP contribution in [0.1, 0.15) is 0 Å². The molecule has 1 aliphatic rings. The molecule has 1 radical (unpaired) electrons. The number of nitrogens with zero attached hydrogens (tertiary/aromatic N) is 1. The SMILES string of the molecule is Fc1ccc2c(c1)[N]CO2. The molecule has 3 heteroatoms. The third-order valence-corrected chi connectivity index (χ3v) is 1.38. The lowest BCUT2D eigenvalue weighted by atomic mass is 10.3. The number of hydrogen-bond acceptors (Lipinski definition) is 1. The van der Waals surface area contributed by atoms with Gasteiger partial charge in [0.2, 0.25) is 0 Å². The highest BCUT2D eigenvalue weighted by atomic mass is 19.1. The number of hydrogen-bond donors (Lipinski definition) is 0. The Morgan fingerprint density at radius 3 is 3.30 bits per heavy atom. The van der Waals surface area contributed by atoms with Gasteiger partial charge in [0.05, 0.1) is 0 Å². The van der Waals surface area contributed by atoms with Crippen molar-refractivity contribution < 1.29 is 9.13 Å². The summed E-state index contributed by atoms with van der Waals surface area (Å²) < 4.78 is 17.5. The van der Waals surface area contributed by atoms with Gasteiger partial charge in [-0.2, -0.15) is 0 Å². The Morgan fingerprint density at radius 2 is 2.40 bits per heavy atom. The second kappa shape index (κ2) is 1.87. The Morgan fingerprint density at radius 1 is 1.50 bits per heavy atom. The predicted molar refractivity (Wildman–Crippen MR) is 33.7 cm³/mol. The molecule has 0 saturated heterocycles. The van der Waals surface area contributed by atoms with Gasteiger partial charge in [-0.3, -0.25) is 0 Å². The predicted octanol–water partition coefficient (Wildman–Crippen LogP) is 1.41. The highest BCUT2D eigenvalue weighted by Gasteiger charge is 2.11. The van der Waals surface area contributed by atoms with Gasteiger partial charge in [0, 0.05) is 6.07 Å². The second-order valence-corrected chi connectivity index (χ2v) is 2.04. The number of halogens is 1. The molecular weight excluding hydrogens is 133 g/mol. The molecular formula is C7H5FNO. The van der Waals surface area contributed by atoms with E-state index in [1.54, 1.807) is 6.07 Å². The zero-order valence-electron chi connectivity index (χ0n) is 5.17. The summed E-state index contributed by atoms with van der Waals surface area (Å²) >= 11 is 0. The molecule has 0 fully saturated rings. The molecule has 1 heterocycles. The molecule has 0 spiro atoms.